The molecular formula is C24H29Cl2NO8S. The Balaban J connectivity index is 1.93. The Labute approximate surface area is 221 Å². The average molecular weight is 562 g/mol. The normalized spacial score (nSPS) is 18.1. The maximum Gasteiger partial charge on any atom is 0.264 e. The van der Waals surface area contributed by atoms with Crippen LogP contribution in [0, 0.1) is 0 Å². The van der Waals surface area contributed by atoms with Gasteiger partial charge in [-0.05, 0) is 42.7 Å². The molecule has 2 aromatic carbocycles. The number of carbonyl (C=O) groups is 1. The number of rotatable bonds is 10. The molecule has 1 saturated heterocycles. The Hall–Kier alpha value is -2.24. The van der Waals surface area contributed by atoms with E-state index >= 15 is 0 Å². The Morgan fingerprint density at radius 1 is 1.06 bits per heavy atom. The van der Waals surface area contributed by atoms with E-state index < -0.39 is 15.7 Å². The standard InChI is InChI=1S/C24H29Cl2NO8S/c1-31-20-12-16(13-21(32-2)22(20)33-3)23(28)27-9-11-34-24(15-27,8-5-10-35-36(4,29)30)17-6-7-18(25)19(26)14-17/h6-7,12-14H,5,8-11,15H2,1-4H3/t24-/m0/s1. The maximum atomic E-state index is 13.6. The van der Waals surface area contributed by atoms with E-state index in [-0.39, 0.29) is 25.7 Å². The maximum absolute atomic E-state index is 13.6. The largest absolute Gasteiger partial charge is 0.493 e. The van der Waals surface area contributed by atoms with Gasteiger partial charge in [-0.3, -0.25) is 8.98 Å². The quantitative estimate of drug-likeness (QED) is 0.315. The van der Waals surface area contributed by atoms with Gasteiger partial charge in [0.2, 0.25) is 5.75 Å². The molecule has 1 amide bonds. The van der Waals surface area contributed by atoms with Crippen LogP contribution in [0.15, 0.2) is 30.3 Å². The second-order valence-electron chi connectivity index (χ2n) is 8.24. The molecule has 12 heteroatoms. The molecule has 1 atom stereocenters. The number of nitrogens with zero attached hydrogens (tertiary/aromatic N) is 1. The molecule has 0 aliphatic carbocycles. The zero-order valence-electron chi connectivity index (χ0n) is 20.5. The third-order valence-electron chi connectivity index (χ3n) is 5.85. The molecule has 0 N–H and O–H groups in total. The minimum absolute atomic E-state index is 0.0217. The van der Waals surface area contributed by atoms with Gasteiger partial charge in [0.15, 0.2) is 11.5 Å². The number of halogens is 2. The molecule has 198 valence electrons. The number of benzene rings is 2. The van der Waals surface area contributed by atoms with Crippen molar-refractivity contribution in [2.45, 2.75) is 18.4 Å². The van der Waals surface area contributed by atoms with Crippen LogP contribution in [-0.4, -0.2) is 73.1 Å². The smallest absolute Gasteiger partial charge is 0.264 e. The van der Waals surface area contributed by atoms with Crippen molar-refractivity contribution >= 4 is 39.2 Å². The molecule has 0 radical (unpaired) electrons. The summed E-state index contributed by atoms with van der Waals surface area (Å²) in [4.78, 5) is 15.3. The second kappa shape index (κ2) is 11.9. The van der Waals surface area contributed by atoms with Crippen LogP contribution in [-0.2, 0) is 24.6 Å². The first kappa shape index (κ1) is 28.3. The van der Waals surface area contributed by atoms with E-state index in [2.05, 4.69) is 0 Å². The third kappa shape index (κ3) is 6.54. The predicted octanol–water partition coefficient (Wildman–Crippen LogP) is 4.14. The van der Waals surface area contributed by atoms with E-state index in [0.29, 0.717) is 52.2 Å². The summed E-state index contributed by atoms with van der Waals surface area (Å²) in [6, 6.07) is 8.35. The zero-order chi connectivity index (χ0) is 26.5. The zero-order valence-corrected chi connectivity index (χ0v) is 22.8. The lowest BCUT2D eigenvalue weighted by molar-refractivity contribution is -0.111. The molecule has 0 aromatic heterocycles. The fourth-order valence-electron chi connectivity index (χ4n) is 4.16. The molecule has 1 heterocycles. The van der Waals surface area contributed by atoms with Crippen LogP contribution in [0.5, 0.6) is 17.2 Å². The van der Waals surface area contributed by atoms with Crippen molar-refractivity contribution in [2.24, 2.45) is 0 Å². The molecule has 1 fully saturated rings. The minimum Gasteiger partial charge on any atom is -0.493 e. The number of methoxy groups -OCH3 is 3. The first-order valence-corrected chi connectivity index (χ1v) is 13.6. The first-order chi connectivity index (χ1) is 17.0. The monoisotopic (exact) mass is 561 g/mol. The molecule has 0 spiro atoms. The lowest BCUT2D eigenvalue weighted by atomic mass is 9.87. The van der Waals surface area contributed by atoms with Crippen LogP contribution in [0.4, 0.5) is 0 Å². The number of ether oxygens (including phenoxy) is 4. The first-order valence-electron chi connectivity index (χ1n) is 11.1. The topological polar surface area (TPSA) is 101 Å². The highest BCUT2D eigenvalue weighted by atomic mass is 35.5. The summed E-state index contributed by atoms with van der Waals surface area (Å²) in [5.74, 6) is 0.855. The second-order valence-corrected chi connectivity index (χ2v) is 10.7. The van der Waals surface area contributed by atoms with E-state index in [4.69, 9.17) is 46.3 Å². The van der Waals surface area contributed by atoms with Crippen molar-refractivity contribution in [2.75, 3.05) is 53.9 Å². The lowest BCUT2D eigenvalue weighted by Crippen LogP contribution is -2.52. The molecule has 2 aromatic rings. The molecule has 1 aliphatic heterocycles. The van der Waals surface area contributed by atoms with E-state index in [0.717, 1.165) is 11.8 Å². The van der Waals surface area contributed by atoms with E-state index in [1.54, 1.807) is 35.2 Å². The number of amides is 1. The van der Waals surface area contributed by atoms with Crippen LogP contribution in [0.2, 0.25) is 10.0 Å². The summed E-state index contributed by atoms with van der Waals surface area (Å²) < 4.78 is 50.1. The van der Waals surface area contributed by atoms with Gasteiger partial charge in [-0.2, -0.15) is 8.42 Å². The van der Waals surface area contributed by atoms with E-state index in [9.17, 15) is 13.2 Å². The molecule has 0 bridgehead atoms. The molecule has 0 unspecified atom stereocenters. The molecule has 3 rings (SSSR count). The average Bonchev–Trinajstić information content (AvgIpc) is 2.86. The van der Waals surface area contributed by atoms with E-state index in [1.807, 2.05) is 0 Å². The van der Waals surface area contributed by atoms with Gasteiger partial charge >= 0.3 is 0 Å². The van der Waals surface area contributed by atoms with Crippen molar-refractivity contribution in [3.8, 4) is 17.2 Å². The minimum atomic E-state index is -3.58. The summed E-state index contributed by atoms with van der Waals surface area (Å²) in [6.07, 6.45) is 1.73. The molecular weight excluding hydrogens is 533 g/mol. The van der Waals surface area contributed by atoms with Crippen molar-refractivity contribution in [3.63, 3.8) is 0 Å². The van der Waals surface area contributed by atoms with Gasteiger partial charge in [0, 0.05) is 12.1 Å². The Bertz CT molecular complexity index is 1180. The molecule has 0 saturated carbocycles. The van der Waals surface area contributed by atoms with Crippen LogP contribution in [0.25, 0.3) is 0 Å². The fraction of sp³-hybridized carbons (Fsp3) is 0.458. The molecule has 36 heavy (non-hydrogen) atoms. The van der Waals surface area contributed by atoms with Gasteiger partial charge in [-0.15, -0.1) is 0 Å². The van der Waals surface area contributed by atoms with Gasteiger partial charge in [-0.25, -0.2) is 0 Å². The number of morpholine rings is 1. The fourth-order valence-corrected chi connectivity index (χ4v) is 4.88. The Morgan fingerprint density at radius 3 is 2.28 bits per heavy atom. The van der Waals surface area contributed by atoms with Gasteiger partial charge in [0.1, 0.15) is 5.60 Å². The van der Waals surface area contributed by atoms with Crippen LogP contribution in [0.1, 0.15) is 28.8 Å². The summed E-state index contributed by atoms with van der Waals surface area (Å²) in [6.45, 7) is 0.771. The number of carbonyl (C=O) groups excluding carboxylic acids is 1. The van der Waals surface area contributed by atoms with Crippen LogP contribution in [0.3, 0.4) is 0 Å². The highest BCUT2D eigenvalue weighted by Crippen LogP contribution is 2.40. The SMILES string of the molecule is COc1cc(C(=O)N2CCO[C@](CCCOS(C)(=O)=O)(c3ccc(Cl)c(Cl)c3)C2)cc(OC)c1OC. The highest BCUT2D eigenvalue weighted by Gasteiger charge is 2.40. The van der Waals surface area contributed by atoms with E-state index in [1.165, 1.54) is 21.3 Å². The Kier molecular flexibility index (Phi) is 9.34. The van der Waals surface area contributed by atoms with Crippen LogP contribution < -0.4 is 14.2 Å². The Morgan fingerprint density at radius 2 is 1.72 bits per heavy atom. The lowest BCUT2D eigenvalue weighted by Gasteiger charge is -2.43. The number of hydrogen-bond acceptors (Lipinski definition) is 8. The summed E-state index contributed by atoms with van der Waals surface area (Å²) >= 11 is 12.4. The van der Waals surface area contributed by atoms with Crippen molar-refractivity contribution in [1.82, 2.24) is 4.90 Å². The summed E-state index contributed by atoms with van der Waals surface area (Å²) in [5.41, 5.74) is 0.123. The van der Waals surface area contributed by atoms with Crippen LogP contribution >= 0.6 is 23.2 Å². The van der Waals surface area contributed by atoms with Gasteiger partial charge in [0.05, 0.1) is 57.4 Å². The molecule has 9 nitrogen and oxygen atoms in total. The van der Waals surface area contributed by atoms with Crippen molar-refractivity contribution in [3.05, 3.63) is 51.5 Å². The molecule has 1 aliphatic rings. The van der Waals surface area contributed by atoms with Gasteiger partial charge in [0.25, 0.3) is 16.0 Å². The van der Waals surface area contributed by atoms with Gasteiger partial charge in [-0.1, -0.05) is 29.3 Å². The third-order valence-corrected chi connectivity index (χ3v) is 7.19. The highest BCUT2D eigenvalue weighted by molar-refractivity contribution is 7.85. The number of hydrogen-bond donors (Lipinski definition) is 0. The summed E-state index contributed by atoms with van der Waals surface area (Å²) in [5, 5.41) is 0.731. The predicted molar refractivity (Wildman–Crippen MR) is 136 cm³/mol. The van der Waals surface area contributed by atoms with Crippen molar-refractivity contribution in [1.29, 1.82) is 0 Å². The van der Waals surface area contributed by atoms with Gasteiger partial charge < -0.3 is 23.8 Å². The van der Waals surface area contributed by atoms with Crippen molar-refractivity contribution < 1.29 is 36.3 Å². The summed E-state index contributed by atoms with van der Waals surface area (Å²) in [7, 11) is 0.869.